The molecular weight excluding hydrogens is 640 g/mol. The smallest absolute Gasteiger partial charge is 0.197 e. The largest absolute Gasteiger partial charge is 0.303 e. The highest BCUT2D eigenvalue weighted by atomic mass is 79.9. The van der Waals surface area contributed by atoms with Crippen molar-refractivity contribution in [1.82, 2.24) is 0 Å². The Morgan fingerprint density at radius 2 is 1.00 bits per heavy atom. The molecule has 0 saturated carbocycles. The third kappa shape index (κ3) is 4.94. The molecule has 0 saturated heterocycles. The summed E-state index contributed by atoms with van der Waals surface area (Å²) >= 11 is 14.7. The van der Waals surface area contributed by atoms with E-state index in [1.54, 1.807) is 0 Å². The minimum absolute atomic E-state index is 0.219. The lowest BCUT2D eigenvalue weighted by Gasteiger charge is -2.25. The quantitative estimate of drug-likeness (QED) is 0.142. The van der Waals surface area contributed by atoms with E-state index in [2.05, 4.69) is 101 Å². The van der Waals surface area contributed by atoms with Crippen molar-refractivity contribution in [3.63, 3.8) is 0 Å². The van der Waals surface area contributed by atoms with Crippen LogP contribution in [0.1, 0.15) is 22.3 Å². The number of hydrogen-bond donors (Lipinski definition) is 0. The lowest BCUT2D eigenvalue weighted by atomic mass is 9.84. The molecule has 0 aliphatic carbocycles. The van der Waals surface area contributed by atoms with Gasteiger partial charge >= 0.3 is 0 Å². The van der Waals surface area contributed by atoms with E-state index in [9.17, 15) is 5.26 Å². The highest BCUT2D eigenvalue weighted by molar-refractivity contribution is 9.11. The van der Waals surface area contributed by atoms with Crippen LogP contribution in [0.15, 0.2) is 74.6 Å². The van der Waals surface area contributed by atoms with Gasteiger partial charge in [-0.15, -0.1) is 26.3 Å². The predicted octanol–water partition coefficient (Wildman–Crippen LogP) is 9.04. The molecule has 30 heavy (non-hydrogen) atoms. The van der Waals surface area contributed by atoms with E-state index in [-0.39, 0.29) is 5.75 Å². The molecule has 2 nitrogen and oxygen atoms in total. The Balaban J connectivity index is 3.19. The van der Waals surface area contributed by atoms with Gasteiger partial charge in [-0.1, -0.05) is 56.2 Å². The summed E-state index contributed by atoms with van der Waals surface area (Å²) < 4.78 is 3.17. The Morgan fingerprint density at radius 1 is 0.667 bits per heavy atom. The van der Waals surface area contributed by atoms with E-state index in [4.69, 9.17) is 0 Å². The van der Waals surface area contributed by atoms with E-state index in [0.717, 1.165) is 42.3 Å². The Bertz CT molecular complexity index is 938. The zero-order valence-electron chi connectivity index (χ0n) is 16.4. The molecule has 2 rings (SSSR count). The highest BCUT2D eigenvalue weighted by Gasteiger charge is 2.27. The van der Waals surface area contributed by atoms with Crippen molar-refractivity contribution in [2.24, 2.45) is 0 Å². The van der Waals surface area contributed by atoms with Crippen molar-refractivity contribution in [1.29, 1.82) is 0 Å². The summed E-state index contributed by atoms with van der Waals surface area (Å²) in [6.07, 6.45) is 9.84. The molecule has 0 aliphatic rings. The first-order chi connectivity index (χ1) is 14.4. The molecule has 0 amide bonds. The Hall–Kier alpha value is -0.920. The molecule has 0 spiro atoms. The van der Waals surface area contributed by atoms with Crippen LogP contribution in [-0.2, 0) is 30.9 Å². The Labute approximate surface area is 211 Å². The normalized spacial score (nSPS) is 10.6. The average molecular weight is 661 g/mol. The average Bonchev–Trinajstić information content (AvgIpc) is 2.71. The summed E-state index contributed by atoms with van der Waals surface area (Å²) in [6.45, 7) is 15.7. The van der Waals surface area contributed by atoms with Crippen LogP contribution in [0.4, 0.5) is 0 Å². The first-order valence-corrected chi connectivity index (χ1v) is 12.3. The number of halogens is 4. The fraction of sp³-hybridized carbons (Fsp3) is 0.167. The molecule has 2 aromatic carbocycles. The first-order valence-electron chi connectivity index (χ1n) is 9.13. The van der Waals surface area contributed by atoms with Gasteiger partial charge < -0.3 is 4.89 Å². The summed E-state index contributed by atoms with van der Waals surface area (Å²) in [5.74, 6) is 0.219. The van der Waals surface area contributed by atoms with Gasteiger partial charge in [0.1, 0.15) is 0 Å². The van der Waals surface area contributed by atoms with Crippen molar-refractivity contribution >= 4 is 63.7 Å². The predicted molar refractivity (Wildman–Crippen MR) is 140 cm³/mol. The van der Waals surface area contributed by atoms with Gasteiger partial charge in [0, 0.05) is 14.2 Å². The molecule has 0 heterocycles. The molecule has 0 unspecified atom stereocenters. The minimum atomic E-state index is 0.219. The number of benzene rings is 2. The van der Waals surface area contributed by atoms with Crippen molar-refractivity contribution in [2.45, 2.75) is 25.7 Å². The lowest BCUT2D eigenvalue weighted by molar-refractivity contribution is -0.209. The summed E-state index contributed by atoms with van der Waals surface area (Å²) in [6, 6.07) is 2.06. The third-order valence-electron chi connectivity index (χ3n) is 4.69. The van der Waals surface area contributed by atoms with E-state index < -0.39 is 0 Å². The van der Waals surface area contributed by atoms with Crippen LogP contribution in [0, 0.1) is 0 Å². The highest BCUT2D eigenvalue weighted by Crippen LogP contribution is 2.49. The second kappa shape index (κ2) is 11.6. The van der Waals surface area contributed by atoms with E-state index in [1.165, 1.54) is 0 Å². The molecule has 0 aromatic heterocycles. The summed E-state index contributed by atoms with van der Waals surface area (Å²) in [7, 11) is 0. The van der Waals surface area contributed by atoms with Gasteiger partial charge in [-0.25, -0.2) is 0 Å². The van der Waals surface area contributed by atoms with Gasteiger partial charge in [-0.05, 0) is 97.0 Å². The second-order valence-electron chi connectivity index (χ2n) is 6.52. The monoisotopic (exact) mass is 657 g/mol. The maximum absolute atomic E-state index is 11.5. The number of rotatable bonds is 10. The molecular formula is C24H21Br4O2. The molecule has 2 aromatic rings. The number of hydrogen-bond acceptors (Lipinski definition) is 1. The van der Waals surface area contributed by atoms with Crippen molar-refractivity contribution in [3.8, 4) is 16.9 Å². The first kappa shape index (κ1) is 25.3. The van der Waals surface area contributed by atoms with Gasteiger partial charge in [0.2, 0.25) is 0 Å². The van der Waals surface area contributed by atoms with Crippen LogP contribution >= 0.6 is 63.7 Å². The van der Waals surface area contributed by atoms with Crippen molar-refractivity contribution < 1.29 is 10.1 Å². The minimum Gasteiger partial charge on any atom is -0.303 e. The summed E-state index contributed by atoms with van der Waals surface area (Å²) in [4.78, 5) is 4.48. The lowest BCUT2D eigenvalue weighted by Crippen LogP contribution is -2.06. The van der Waals surface area contributed by atoms with Gasteiger partial charge in [0.15, 0.2) is 5.75 Å². The second-order valence-corrected chi connectivity index (χ2v) is 9.81. The van der Waals surface area contributed by atoms with E-state index >= 15 is 0 Å². The standard InChI is InChI=1S/C24H21Br4O2/c1-5-9-14-18(25)13-19(26)15(10-6-2)20(14)21-16(11-7-3)22(27)24(30-29)23(28)17(21)12-8-4/h5-8,13H,1-4,9-12H2. The zero-order valence-corrected chi connectivity index (χ0v) is 22.7. The molecule has 0 atom stereocenters. The van der Waals surface area contributed by atoms with Crippen LogP contribution in [0.3, 0.4) is 0 Å². The van der Waals surface area contributed by atoms with Crippen LogP contribution in [0.25, 0.3) is 11.1 Å². The number of allylic oxidation sites excluding steroid dienone is 4. The fourth-order valence-corrected chi connectivity index (χ4v) is 6.52. The topological polar surface area (TPSA) is 29.1 Å². The van der Waals surface area contributed by atoms with E-state index in [0.29, 0.717) is 34.6 Å². The summed E-state index contributed by atoms with van der Waals surface area (Å²) in [5, 5.41) is 11.5. The molecule has 0 bridgehead atoms. The van der Waals surface area contributed by atoms with Crippen molar-refractivity contribution in [3.05, 3.63) is 96.8 Å². The van der Waals surface area contributed by atoms with Crippen LogP contribution in [0.5, 0.6) is 5.75 Å². The van der Waals surface area contributed by atoms with Gasteiger partial charge in [0.25, 0.3) is 0 Å². The van der Waals surface area contributed by atoms with Gasteiger partial charge in [-0.3, -0.25) is 0 Å². The van der Waals surface area contributed by atoms with Gasteiger partial charge in [-0.2, -0.15) is 0 Å². The summed E-state index contributed by atoms with van der Waals surface area (Å²) in [5.41, 5.74) is 6.16. The van der Waals surface area contributed by atoms with Gasteiger partial charge in [0.05, 0.1) is 8.95 Å². The molecule has 157 valence electrons. The fourth-order valence-electron chi connectivity index (χ4n) is 3.52. The maximum Gasteiger partial charge on any atom is 0.197 e. The molecule has 6 heteroatoms. The Kier molecular flexibility index (Phi) is 9.82. The Morgan fingerprint density at radius 3 is 1.33 bits per heavy atom. The molecule has 0 N–H and O–H groups in total. The maximum atomic E-state index is 11.5. The third-order valence-corrected chi connectivity index (χ3v) is 7.79. The SMILES string of the molecule is C=CCc1c(Br)cc(Br)c(CC=C)c1-c1c(CC=C)c(Br)c(O[O])c(Br)c1CC=C. The molecule has 1 radical (unpaired) electrons. The van der Waals surface area contributed by atoms with E-state index in [1.807, 2.05) is 24.3 Å². The molecule has 0 aliphatic heterocycles. The zero-order chi connectivity index (χ0) is 22.4. The molecule has 0 fully saturated rings. The van der Waals surface area contributed by atoms with Crippen LogP contribution < -0.4 is 4.89 Å². The van der Waals surface area contributed by atoms with Crippen molar-refractivity contribution in [2.75, 3.05) is 0 Å². The van der Waals surface area contributed by atoms with Crippen LogP contribution in [0.2, 0.25) is 0 Å². The van der Waals surface area contributed by atoms with Crippen LogP contribution in [-0.4, -0.2) is 0 Å².